The summed E-state index contributed by atoms with van der Waals surface area (Å²) in [5, 5.41) is 8.94. The highest BCUT2D eigenvalue weighted by atomic mass is 35.5. The van der Waals surface area contributed by atoms with E-state index in [1.165, 1.54) is 7.11 Å². The fourth-order valence-electron chi connectivity index (χ4n) is 2.07. The minimum absolute atomic E-state index is 0.0326. The number of nitrogens with zero attached hydrogens (tertiary/aromatic N) is 3. The molecule has 0 N–H and O–H groups in total. The van der Waals surface area contributed by atoms with Crippen molar-refractivity contribution >= 4 is 17.3 Å². The van der Waals surface area contributed by atoms with Crippen LogP contribution < -0.4 is 0 Å². The van der Waals surface area contributed by atoms with Crippen LogP contribution in [-0.4, -0.2) is 29.8 Å². The lowest BCUT2D eigenvalue weighted by Crippen LogP contribution is -2.37. The van der Waals surface area contributed by atoms with Crippen molar-refractivity contribution < 1.29 is 9.13 Å². The van der Waals surface area contributed by atoms with E-state index in [1.54, 1.807) is 4.90 Å². The number of hydrogen-bond acceptors (Lipinski definition) is 4. The van der Waals surface area contributed by atoms with Crippen molar-refractivity contribution in [3.05, 3.63) is 11.8 Å². The van der Waals surface area contributed by atoms with E-state index in [1.807, 2.05) is 13.8 Å². The first-order valence-electron chi connectivity index (χ1n) is 5.20. The van der Waals surface area contributed by atoms with Gasteiger partial charge in [0.1, 0.15) is 0 Å². The minimum atomic E-state index is -0.798. The van der Waals surface area contributed by atoms with Gasteiger partial charge in [-0.25, -0.2) is 4.99 Å². The lowest BCUT2D eigenvalue weighted by Gasteiger charge is -2.32. The van der Waals surface area contributed by atoms with E-state index in [4.69, 9.17) is 16.9 Å². The second kappa shape index (κ2) is 5.37. The summed E-state index contributed by atoms with van der Waals surface area (Å²) < 4.78 is 18.1. The Labute approximate surface area is 105 Å². The molecule has 6 heteroatoms. The molecule has 94 valence electrons. The van der Waals surface area contributed by atoms with Crippen molar-refractivity contribution in [3.8, 4) is 6.07 Å². The van der Waals surface area contributed by atoms with Gasteiger partial charge in [-0.15, -0.1) is 0 Å². The number of halogens is 2. The molecule has 17 heavy (non-hydrogen) atoms. The number of nitriles is 1. The summed E-state index contributed by atoms with van der Waals surface area (Å²) in [4.78, 5) is 5.48. The molecule has 1 atom stereocenters. The molecule has 1 unspecified atom stereocenters. The summed E-state index contributed by atoms with van der Waals surface area (Å²) in [6.07, 6.45) is 0.655. The quantitative estimate of drug-likeness (QED) is 0.578. The molecule has 1 aliphatic heterocycles. The molecular weight excluding hydrogens is 245 g/mol. The van der Waals surface area contributed by atoms with E-state index in [9.17, 15) is 4.39 Å². The number of ether oxygens (including phenoxy) is 1. The van der Waals surface area contributed by atoms with Crippen LogP contribution in [0.2, 0.25) is 0 Å². The lowest BCUT2D eigenvalue weighted by molar-refractivity contribution is 0.153. The molecular formula is C11H15ClFN3O. The predicted octanol–water partition coefficient (Wildman–Crippen LogP) is 2.62. The zero-order valence-electron chi connectivity index (χ0n) is 10.1. The Hall–Kier alpha value is -1.28. The molecule has 0 aromatic heterocycles. The van der Waals surface area contributed by atoms with Crippen LogP contribution in [0.5, 0.6) is 0 Å². The summed E-state index contributed by atoms with van der Waals surface area (Å²) in [6, 6.07) is 1.39. The Kier molecular flexibility index (Phi) is 4.35. The third kappa shape index (κ3) is 2.89. The lowest BCUT2D eigenvalue weighted by atomic mass is 9.97. The summed E-state index contributed by atoms with van der Waals surface area (Å²) in [5.41, 5.74) is 0.638. The van der Waals surface area contributed by atoms with Crippen molar-refractivity contribution in [3.63, 3.8) is 0 Å². The fourth-order valence-corrected chi connectivity index (χ4v) is 2.16. The molecule has 0 spiro atoms. The highest BCUT2D eigenvalue weighted by molar-refractivity contribution is 6.56. The third-order valence-electron chi connectivity index (χ3n) is 2.84. The summed E-state index contributed by atoms with van der Waals surface area (Å²) in [7, 11) is 1.23. The first-order chi connectivity index (χ1) is 7.96. The van der Waals surface area contributed by atoms with Gasteiger partial charge in [0.25, 0.3) is 0 Å². The van der Waals surface area contributed by atoms with Gasteiger partial charge in [-0.3, -0.25) is 0 Å². The smallest absolute Gasteiger partial charge is 0.316 e. The largest absolute Gasteiger partial charge is 0.471 e. The van der Waals surface area contributed by atoms with Crippen LogP contribution in [0.3, 0.4) is 0 Å². The maximum absolute atomic E-state index is 13.6. The molecule has 0 radical (unpaired) electrons. The van der Waals surface area contributed by atoms with E-state index in [0.717, 1.165) is 5.67 Å². The summed E-state index contributed by atoms with van der Waals surface area (Å²) >= 11 is 5.40. The van der Waals surface area contributed by atoms with Crippen LogP contribution in [0.15, 0.2) is 16.8 Å². The number of methoxy groups -OCH3 is 1. The van der Waals surface area contributed by atoms with Crippen LogP contribution in [0.4, 0.5) is 4.39 Å². The Morgan fingerprint density at radius 3 is 2.76 bits per heavy atom. The second-order valence-corrected chi connectivity index (χ2v) is 4.68. The Morgan fingerprint density at radius 1 is 1.71 bits per heavy atom. The number of likely N-dealkylation sites (tertiary alicyclic amines) is 1. The molecule has 1 saturated heterocycles. The van der Waals surface area contributed by atoms with E-state index in [-0.39, 0.29) is 17.3 Å². The van der Waals surface area contributed by atoms with Crippen LogP contribution >= 0.6 is 11.6 Å². The molecule has 4 nitrogen and oxygen atoms in total. The summed E-state index contributed by atoms with van der Waals surface area (Å²) in [5.74, 6) is -0.111. The van der Waals surface area contributed by atoms with Gasteiger partial charge in [-0.05, 0) is 20.3 Å². The average molecular weight is 260 g/mol. The molecule has 0 aliphatic carbocycles. The number of hydrogen-bond donors (Lipinski definition) is 0. The molecule has 1 fully saturated rings. The van der Waals surface area contributed by atoms with Gasteiger partial charge in [-0.2, -0.15) is 9.65 Å². The Balaban J connectivity index is 3.09. The molecule has 0 saturated carbocycles. The highest BCUT2D eigenvalue weighted by Crippen LogP contribution is 2.36. The molecule has 0 aromatic rings. The third-order valence-corrected chi connectivity index (χ3v) is 2.94. The van der Waals surface area contributed by atoms with Crippen molar-refractivity contribution in [2.24, 2.45) is 10.9 Å². The van der Waals surface area contributed by atoms with Crippen LogP contribution in [-0.2, 0) is 4.74 Å². The molecule has 0 aromatic carbocycles. The Morgan fingerprint density at radius 2 is 2.35 bits per heavy atom. The number of aliphatic imine (C=N–C) groups is 1. The number of rotatable bonds is 3. The van der Waals surface area contributed by atoms with Gasteiger partial charge in [0.05, 0.1) is 24.8 Å². The van der Waals surface area contributed by atoms with Gasteiger partial charge in [0.2, 0.25) is 5.82 Å². The molecule has 0 bridgehead atoms. The van der Waals surface area contributed by atoms with Crippen LogP contribution in [0, 0.1) is 17.2 Å². The van der Waals surface area contributed by atoms with Crippen LogP contribution in [0.25, 0.3) is 0 Å². The maximum atomic E-state index is 13.6. The Bertz CT molecular complexity index is 387. The topological polar surface area (TPSA) is 48.6 Å². The molecule has 1 heterocycles. The monoisotopic (exact) mass is 259 g/mol. The van der Waals surface area contributed by atoms with E-state index in [2.05, 4.69) is 15.8 Å². The van der Waals surface area contributed by atoms with Crippen molar-refractivity contribution in [2.75, 3.05) is 13.7 Å². The summed E-state index contributed by atoms with van der Waals surface area (Å²) in [6.45, 7) is 4.28. The van der Waals surface area contributed by atoms with Crippen molar-refractivity contribution in [1.29, 1.82) is 5.26 Å². The van der Waals surface area contributed by atoms with Crippen molar-refractivity contribution in [2.45, 2.75) is 25.8 Å². The van der Waals surface area contributed by atoms with Crippen molar-refractivity contribution in [1.82, 2.24) is 4.90 Å². The molecule has 0 amide bonds. The highest BCUT2D eigenvalue weighted by Gasteiger charge is 2.41. The minimum Gasteiger partial charge on any atom is -0.471 e. The van der Waals surface area contributed by atoms with Gasteiger partial charge in [0.15, 0.2) is 0 Å². The van der Waals surface area contributed by atoms with E-state index < -0.39 is 6.01 Å². The van der Waals surface area contributed by atoms with Gasteiger partial charge in [-0.1, -0.05) is 11.6 Å². The predicted molar refractivity (Wildman–Crippen MR) is 64.0 cm³/mol. The standard InChI is InChI=1S/C11H15ClFN3O/c1-11(2)4-8(5-14)6-16(11)10(15-7-12)9(13)17-3/h7-8H,4,6H2,1-3H3/b10-9-,15-7?. The van der Waals surface area contributed by atoms with Gasteiger partial charge >= 0.3 is 6.01 Å². The fraction of sp³-hybridized carbons (Fsp3) is 0.636. The van der Waals surface area contributed by atoms with E-state index >= 15 is 0 Å². The average Bonchev–Trinajstić information content (AvgIpc) is 2.60. The normalized spacial score (nSPS) is 24.7. The van der Waals surface area contributed by atoms with E-state index in [0.29, 0.717) is 13.0 Å². The zero-order valence-corrected chi connectivity index (χ0v) is 10.8. The molecule has 1 aliphatic rings. The SMILES string of the molecule is CO/C(F)=C(/N=CCl)N1CC(C#N)CC1(C)C. The second-order valence-electron chi connectivity index (χ2n) is 4.48. The zero-order chi connectivity index (χ0) is 13.1. The van der Waals surface area contributed by atoms with Gasteiger partial charge in [0, 0.05) is 12.1 Å². The maximum Gasteiger partial charge on any atom is 0.316 e. The first kappa shape index (κ1) is 13.8. The van der Waals surface area contributed by atoms with Crippen LogP contribution in [0.1, 0.15) is 20.3 Å². The first-order valence-corrected chi connectivity index (χ1v) is 5.63. The molecule has 1 rings (SSSR count). The van der Waals surface area contributed by atoms with Gasteiger partial charge < -0.3 is 9.64 Å².